The number of pyridine rings is 1. The second-order valence-electron chi connectivity index (χ2n) is 10.8. The van der Waals surface area contributed by atoms with Gasteiger partial charge in [-0.1, -0.05) is 0 Å². The molecule has 13 heteroatoms. The third-order valence-corrected chi connectivity index (χ3v) is 7.85. The van der Waals surface area contributed by atoms with Crippen LogP contribution in [0.15, 0.2) is 48.5 Å². The number of anilines is 2. The molecule has 2 aliphatic rings. The summed E-state index contributed by atoms with van der Waals surface area (Å²) in [4.78, 5) is 35.4. The van der Waals surface area contributed by atoms with Crippen LogP contribution in [0.25, 0.3) is 0 Å². The number of ether oxygens (including phenoxy) is 3. The first-order valence-corrected chi connectivity index (χ1v) is 14.0. The summed E-state index contributed by atoms with van der Waals surface area (Å²) < 4.78 is 70.8. The van der Waals surface area contributed by atoms with Crippen molar-refractivity contribution in [3.8, 4) is 11.5 Å². The Kier molecular flexibility index (Phi) is 9.23. The van der Waals surface area contributed by atoms with Gasteiger partial charge in [-0.3, -0.25) is 14.5 Å². The highest BCUT2D eigenvalue weighted by Gasteiger charge is 2.46. The SMILES string of the molecule is COc1cc(F)c([C@@H]2CN(c3nc(C4CCOCC4)ccc3N(C)C)C(=O)C2NC(=O)c2ccc(OC(F)F)cc2)c(F)c1. The standard InChI is InChI=1S/C31H32F4N4O5/c1-38(2)25-9-8-24(17-10-12-43-13-11-17)36-28(25)39-16-21(26-22(32)14-20(42-3)15-23(26)33)27(30(39)41)37-29(40)18-4-6-19(7-5-18)44-31(34)35/h4-9,14-15,17,21,27,31H,10-13,16H2,1-3H3,(H,37,40)/t21-,27?/m0/s1. The summed E-state index contributed by atoms with van der Waals surface area (Å²) in [7, 11) is 4.85. The summed E-state index contributed by atoms with van der Waals surface area (Å²) in [5, 5.41) is 2.62. The molecule has 0 saturated carbocycles. The molecule has 2 amide bonds. The molecule has 2 atom stereocenters. The normalized spacial score (nSPS) is 18.9. The molecular formula is C31H32F4N4O5. The molecule has 2 saturated heterocycles. The zero-order valence-electron chi connectivity index (χ0n) is 24.4. The number of benzene rings is 2. The molecule has 1 N–H and O–H groups in total. The average molecular weight is 617 g/mol. The fourth-order valence-corrected chi connectivity index (χ4v) is 5.61. The van der Waals surface area contributed by atoms with Gasteiger partial charge in [0.25, 0.3) is 11.8 Å². The molecule has 3 aromatic rings. The van der Waals surface area contributed by atoms with Gasteiger partial charge in [0.05, 0.1) is 12.8 Å². The molecule has 0 radical (unpaired) electrons. The van der Waals surface area contributed by atoms with Crippen molar-refractivity contribution in [1.82, 2.24) is 10.3 Å². The topological polar surface area (TPSA) is 93.2 Å². The highest BCUT2D eigenvalue weighted by molar-refractivity contribution is 6.06. The van der Waals surface area contributed by atoms with Crippen molar-refractivity contribution < 1.29 is 41.4 Å². The van der Waals surface area contributed by atoms with Crippen LogP contribution in [0.4, 0.5) is 29.1 Å². The van der Waals surface area contributed by atoms with Crippen LogP contribution in [0.5, 0.6) is 11.5 Å². The van der Waals surface area contributed by atoms with Crippen molar-refractivity contribution in [2.45, 2.75) is 37.3 Å². The number of carbonyl (C=O) groups excluding carboxylic acids is 2. The van der Waals surface area contributed by atoms with Gasteiger partial charge in [-0.15, -0.1) is 0 Å². The minimum absolute atomic E-state index is 0.0286. The smallest absolute Gasteiger partial charge is 0.387 e. The third-order valence-electron chi connectivity index (χ3n) is 7.85. The van der Waals surface area contributed by atoms with Crippen LogP contribution < -0.4 is 24.6 Å². The summed E-state index contributed by atoms with van der Waals surface area (Å²) in [6.07, 6.45) is 1.51. The van der Waals surface area contributed by atoms with Crippen molar-refractivity contribution in [3.05, 3.63) is 77.0 Å². The largest absolute Gasteiger partial charge is 0.497 e. The summed E-state index contributed by atoms with van der Waals surface area (Å²) >= 11 is 0. The Balaban J connectivity index is 1.53. The Hall–Kier alpha value is -4.39. The molecule has 5 rings (SSSR count). The number of nitrogens with one attached hydrogen (secondary N) is 1. The van der Waals surface area contributed by atoms with Crippen LogP contribution in [0.2, 0.25) is 0 Å². The molecule has 1 aromatic heterocycles. The Morgan fingerprint density at radius 1 is 1.05 bits per heavy atom. The van der Waals surface area contributed by atoms with Crippen molar-refractivity contribution in [2.75, 3.05) is 50.8 Å². The van der Waals surface area contributed by atoms with Crippen LogP contribution in [0, 0.1) is 11.6 Å². The van der Waals surface area contributed by atoms with Gasteiger partial charge in [0.2, 0.25) is 0 Å². The van der Waals surface area contributed by atoms with Crippen molar-refractivity contribution in [2.24, 2.45) is 0 Å². The van der Waals surface area contributed by atoms with Crippen LogP contribution in [-0.4, -0.2) is 70.4 Å². The number of nitrogens with zero attached hydrogens (tertiary/aromatic N) is 3. The maximum absolute atomic E-state index is 15.4. The minimum atomic E-state index is -3.04. The monoisotopic (exact) mass is 616 g/mol. The number of hydrogen-bond acceptors (Lipinski definition) is 7. The molecule has 2 aliphatic heterocycles. The summed E-state index contributed by atoms with van der Waals surface area (Å²) in [5.74, 6) is -4.19. The lowest BCUT2D eigenvalue weighted by Gasteiger charge is -2.27. The fraction of sp³-hybridized carbons (Fsp3) is 0.387. The van der Waals surface area contributed by atoms with E-state index in [1.807, 2.05) is 12.1 Å². The Bertz CT molecular complexity index is 1490. The van der Waals surface area contributed by atoms with Gasteiger partial charge in [0.15, 0.2) is 5.82 Å². The number of methoxy groups -OCH3 is 1. The fourth-order valence-electron chi connectivity index (χ4n) is 5.61. The zero-order chi connectivity index (χ0) is 31.5. The summed E-state index contributed by atoms with van der Waals surface area (Å²) in [6, 6.07) is 9.24. The van der Waals surface area contributed by atoms with Gasteiger partial charge in [0, 0.05) is 74.6 Å². The van der Waals surface area contributed by atoms with Gasteiger partial charge in [0.1, 0.15) is 29.2 Å². The van der Waals surface area contributed by atoms with E-state index >= 15 is 8.78 Å². The zero-order valence-corrected chi connectivity index (χ0v) is 24.4. The Morgan fingerprint density at radius 2 is 1.70 bits per heavy atom. The van der Waals surface area contributed by atoms with E-state index in [9.17, 15) is 18.4 Å². The minimum Gasteiger partial charge on any atom is -0.497 e. The van der Waals surface area contributed by atoms with Gasteiger partial charge in [-0.25, -0.2) is 13.8 Å². The maximum Gasteiger partial charge on any atom is 0.387 e. The van der Waals surface area contributed by atoms with Gasteiger partial charge in [-0.05, 0) is 49.2 Å². The van der Waals surface area contributed by atoms with E-state index in [4.69, 9.17) is 14.5 Å². The predicted octanol–water partition coefficient (Wildman–Crippen LogP) is 4.86. The third kappa shape index (κ3) is 6.42. The number of carbonyl (C=O) groups is 2. The van der Waals surface area contributed by atoms with E-state index in [-0.39, 0.29) is 35.1 Å². The van der Waals surface area contributed by atoms with E-state index in [0.29, 0.717) is 24.7 Å². The molecule has 3 heterocycles. The van der Waals surface area contributed by atoms with Crippen molar-refractivity contribution in [1.29, 1.82) is 0 Å². The Labute approximate surface area is 251 Å². The highest BCUT2D eigenvalue weighted by atomic mass is 19.3. The first-order valence-electron chi connectivity index (χ1n) is 14.0. The van der Waals surface area contributed by atoms with Gasteiger partial charge in [-0.2, -0.15) is 8.78 Å². The van der Waals surface area contributed by atoms with E-state index < -0.39 is 42.0 Å². The highest BCUT2D eigenvalue weighted by Crippen LogP contribution is 2.40. The number of alkyl halides is 2. The number of aromatic nitrogens is 1. The van der Waals surface area contributed by atoms with E-state index in [1.54, 1.807) is 19.0 Å². The second kappa shape index (κ2) is 13.1. The lowest BCUT2D eigenvalue weighted by Crippen LogP contribution is -2.44. The first-order chi connectivity index (χ1) is 21.1. The van der Waals surface area contributed by atoms with Crippen LogP contribution >= 0.6 is 0 Å². The molecule has 0 aliphatic carbocycles. The predicted molar refractivity (Wildman–Crippen MR) is 154 cm³/mol. The molecule has 0 spiro atoms. The molecular weight excluding hydrogens is 584 g/mol. The molecule has 2 fully saturated rings. The van der Waals surface area contributed by atoms with Gasteiger partial charge >= 0.3 is 6.61 Å². The average Bonchev–Trinajstić information content (AvgIpc) is 3.31. The Morgan fingerprint density at radius 3 is 2.30 bits per heavy atom. The van der Waals surface area contributed by atoms with Crippen LogP contribution in [0.3, 0.4) is 0 Å². The second-order valence-corrected chi connectivity index (χ2v) is 10.8. The molecule has 44 heavy (non-hydrogen) atoms. The van der Waals surface area contributed by atoms with Crippen molar-refractivity contribution in [3.63, 3.8) is 0 Å². The van der Waals surface area contributed by atoms with E-state index in [2.05, 4.69) is 10.1 Å². The van der Waals surface area contributed by atoms with E-state index in [1.165, 1.54) is 36.3 Å². The first kappa shape index (κ1) is 31.0. The van der Waals surface area contributed by atoms with Crippen LogP contribution in [0.1, 0.15) is 46.3 Å². The lowest BCUT2D eigenvalue weighted by atomic mass is 9.92. The molecule has 0 bridgehead atoms. The molecule has 9 nitrogen and oxygen atoms in total. The van der Waals surface area contributed by atoms with E-state index in [0.717, 1.165) is 30.7 Å². The maximum atomic E-state index is 15.4. The van der Waals surface area contributed by atoms with Crippen molar-refractivity contribution >= 4 is 23.3 Å². The number of rotatable bonds is 9. The summed E-state index contributed by atoms with van der Waals surface area (Å²) in [5.41, 5.74) is 1.00. The number of amides is 2. The number of halogens is 4. The van der Waals surface area contributed by atoms with Crippen LogP contribution in [-0.2, 0) is 9.53 Å². The molecule has 1 unspecified atom stereocenters. The lowest BCUT2D eigenvalue weighted by molar-refractivity contribution is -0.118. The quantitative estimate of drug-likeness (QED) is 0.344. The number of hydrogen-bond donors (Lipinski definition) is 1. The summed E-state index contributed by atoms with van der Waals surface area (Å²) in [6.45, 7) is -2.06. The van der Waals surface area contributed by atoms with Gasteiger partial charge < -0.3 is 24.4 Å². The molecule has 234 valence electrons. The molecule has 2 aromatic carbocycles.